The second-order valence-corrected chi connectivity index (χ2v) is 7.99. The summed E-state index contributed by atoms with van der Waals surface area (Å²) in [6, 6.07) is 23.7. The number of ketones is 1. The molecule has 1 aliphatic rings. The molecule has 2 atom stereocenters. The first-order valence-electron chi connectivity index (χ1n) is 10.4. The Hall–Kier alpha value is -3.73. The van der Waals surface area contributed by atoms with Crippen LogP contribution in [0, 0.1) is 6.92 Å². The minimum atomic E-state index is -0.433. The Morgan fingerprint density at radius 3 is 2.45 bits per heavy atom. The Morgan fingerprint density at radius 2 is 1.71 bits per heavy atom. The number of hydrogen-bond acceptors (Lipinski definition) is 4. The zero-order valence-electron chi connectivity index (χ0n) is 17.5. The van der Waals surface area contributed by atoms with Crippen molar-refractivity contribution in [2.45, 2.75) is 25.3 Å². The molecule has 5 nitrogen and oxygen atoms in total. The Bertz CT molecular complexity index is 1270. The van der Waals surface area contributed by atoms with Gasteiger partial charge in [-0.15, -0.1) is 5.10 Å². The third-order valence-electron chi connectivity index (χ3n) is 6.04. The van der Waals surface area contributed by atoms with Gasteiger partial charge in [-0.25, -0.2) is 4.68 Å². The van der Waals surface area contributed by atoms with Gasteiger partial charge in [0.2, 0.25) is 0 Å². The first kappa shape index (κ1) is 19.2. The predicted octanol–water partition coefficient (Wildman–Crippen LogP) is 5.13. The van der Waals surface area contributed by atoms with Gasteiger partial charge in [-0.05, 0) is 60.4 Å². The number of carbonyl (C=O) groups excluding carboxylic acids is 1. The molecule has 1 aromatic heterocycles. The van der Waals surface area contributed by atoms with Crippen LogP contribution in [0.1, 0.15) is 35.1 Å². The number of carbonyl (C=O) groups is 1. The first-order valence-corrected chi connectivity index (χ1v) is 10.4. The van der Waals surface area contributed by atoms with Gasteiger partial charge in [0.25, 0.3) is 0 Å². The summed E-state index contributed by atoms with van der Waals surface area (Å²) in [5.41, 5.74) is 6.05. The van der Waals surface area contributed by atoms with E-state index < -0.39 is 6.04 Å². The number of fused-ring (bicyclic) bond motifs is 1. The van der Waals surface area contributed by atoms with Crippen LogP contribution in [0.25, 0.3) is 16.6 Å². The van der Waals surface area contributed by atoms with Gasteiger partial charge in [-0.1, -0.05) is 59.3 Å². The molecule has 0 saturated heterocycles. The van der Waals surface area contributed by atoms with Gasteiger partial charge in [0.15, 0.2) is 5.78 Å². The van der Waals surface area contributed by atoms with E-state index in [1.165, 1.54) is 5.56 Å². The maximum Gasteiger partial charge on any atom is 0.181 e. The molecule has 4 aromatic rings. The minimum absolute atomic E-state index is 0.0401. The molecular formula is C26H23N3O2. The summed E-state index contributed by atoms with van der Waals surface area (Å²) >= 11 is 0. The highest BCUT2D eigenvalue weighted by atomic mass is 16.5. The first-order chi connectivity index (χ1) is 15.1. The summed E-state index contributed by atoms with van der Waals surface area (Å²) in [5, 5.41) is 8.68. The van der Waals surface area contributed by atoms with Crippen molar-refractivity contribution < 1.29 is 9.53 Å². The summed E-state index contributed by atoms with van der Waals surface area (Å²) in [7, 11) is 1.65. The molecule has 0 radical (unpaired) electrons. The fourth-order valence-electron chi connectivity index (χ4n) is 4.37. The molecule has 0 N–H and O–H groups in total. The van der Waals surface area contributed by atoms with Crippen LogP contribution in [-0.4, -0.2) is 27.9 Å². The molecule has 2 unspecified atom stereocenters. The van der Waals surface area contributed by atoms with Gasteiger partial charge >= 0.3 is 0 Å². The van der Waals surface area contributed by atoms with Crippen molar-refractivity contribution >= 4 is 22.4 Å². The van der Waals surface area contributed by atoms with E-state index in [0.717, 1.165) is 39.9 Å². The molecule has 154 valence electrons. The normalized spacial score (nSPS) is 18.8. The van der Waals surface area contributed by atoms with Crippen LogP contribution < -0.4 is 4.74 Å². The number of benzene rings is 3. The average Bonchev–Trinajstić information content (AvgIpc) is 3.23. The molecule has 31 heavy (non-hydrogen) atoms. The third-order valence-corrected chi connectivity index (χ3v) is 6.04. The second-order valence-electron chi connectivity index (χ2n) is 7.99. The molecule has 1 aliphatic carbocycles. The fourth-order valence-corrected chi connectivity index (χ4v) is 4.37. The highest BCUT2D eigenvalue weighted by Gasteiger charge is 2.36. The van der Waals surface area contributed by atoms with Crippen LogP contribution >= 0.6 is 0 Å². The lowest BCUT2D eigenvalue weighted by Crippen LogP contribution is -2.29. The molecule has 1 heterocycles. The summed E-state index contributed by atoms with van der Waals surface area (Å²) in [4.78, 5) is 13.5. The molecule has 5 rings (SSSR count). The Kier molecular flexibility index (Phi) is 4.86. The van der Waals surface area contributed by atoms with Crippen LogP contribution in [0.3, 0.4) is 0 Å². The van der Waals surface area contributed by atoms with Gasteiger partial charge < -0.3 is 4.74 Å². The number of allylic oxidation sites excluding steroid dienone is 2. The average molecular weight is 409 g/mol. The molecule has 0 amide bonds. The van der Waals surface area contributed by atoms with Gasteiger partial charge in [-0.2, -0.15) is 0 Å². The van der Waals surface area contributed by atoms with E-state index >= 15 is 0 Å². The Balaban J connectivity index is 1.62. The summed E-state index contributed by atoms with van der Waals surface area (Å²) in [6.45, 7) is 2.07. The van der Waals surface area contributed by atoms with Gasteiger partial charge in [0.1, 0.15) is 17.3 Å². The zero-order valence-corrected chi connectivity index (χ0v) is 17.5. The van der Waals surface area contributed by atoms with E-state index in [1.807, 2.05) is 48.5 Å². The number of hydrogen-bond donors (Lipinski definition) is 0. The third kappa shape index (κ3) is 3.52. The lowest BCUT2D eigenvalue weighted by atomic mass is 9.77. The van der Waals surface area contributed by atoms with Crippen LogP contribution in [0.5, 0.6) is 5.75 Å². The quantitative estimate of drug-likeness (QED) is 0.469. The van der Waals surface area contributed by atoms with Crippen LogP contribution in [0.2, 0.25) is 0 Å². The maximum absolute atomic E-state index is 13.5. The molecule has 0 bridgehead atoms. The van der Waals surface area contributed by atoms with Gasteiger partial charge in [0, 0.05) is 5.92 Å². The number of aryl methyl sites for hydroxylation is 1. The van der Waals surface area contributed by atoms with Crippen LogP contribution in [0.4, 0.5) is 0 Å². The van der Waals surface area contributed by atoms with Crippen molar-refractivity contribution in [2.24, 2.45) is 0 Å². The van der Waals surface area contributed by atoms with E-state index in [9.17, 15) is 4.79 Å². The van der Waals surface area contributed by atoms with E-state index in [1.54, 1.807) is 17.9 Å². The standard InChI is InChI=1S/C26H23N3O2/c1-17-7-9-19(10-8-17)22-15-20(18-11-13-21(31-2)14-12-18)16-25(30)26(22)29-24-6-4-3-5-23(24)27-28-29/h3-14,16,22,26H,15H2,1-2H3. The van der Waals surface area contributed by atoms with E-state index in [2.05, 4.69) is 41.5 Å². The van der Waals surface area contributed by atoms with Crippen LogP contribution in [0.15, 0.2) is 78.9 Å². The van der Waals surface area contributed by atoms with Gasteiger partial charge in [0.05, 0.1) is 12.6 Å². The number of methoxy groups -OCH3 is 1. The number of nitrogens with zero attached hydrogens (tertiary/aromatic N) is 3. The SMILES string of the molecule is COc1ccc(C2=CC(=O)C(n3nnc4ccccc43)C(c3ccc(C)cc3)C2)cc1. The molecule has 0 spiro atoms. The highest BCUT2D eigenvalue weighted by Crippen LogP contribution is 2.43. The van der Waals surface area contributed by atoms with E-state index in [4.69, 9.17) is 4.74 Å². The monoisotopic (exact) mass is 409 g/mol. The molecular weight excluding hydrogens is 386 g/mol. The molecule has 0 saturated carbocycles. The summed E-state index contributed by atoms with van der Waals surface area (Å²) < 4.78 is 7.08. The smallest absolute Gasteiger partial charge is 0.181 e. The van der Waals surface area contributed by atoms with Crippen molar-refractivity contribution in [1.82, 2.24) is 15.0 Å². The molecule has 5 heteroatoms. The number of rotatable bonds is 4. The molecule has 0 fully saturated rings. The van der Waals surface area contributed by atoms with E-state index in [0.29, 0.717) is 0 Å². The number of para-hydroxylation sites is 1. The van der Waals surface area contributed by atoms with Crippen molar-refractivity contribution in [3.63, 3.8) is 0 Å². The summed E-state index contributed by atoms with van der Waals surface area (Å²) in [6.07, 6.45) is 2.51. The van der Waals surface area contributed by atoms with Crippen molar-refractivity contribution in [1.29, 1.82) is 0 Å². The number of ether oxygens (including phenoxy) is 1. The van der Waals surface area contributed by atoms with Gasteiger partial charge in [-0.3, -0.25) is 4.79 Å². The summed E-state index contributed by atoms with van der Waals surface area (Å²) in [5.74, 6) is 0.798. The van der Waals surface area contributed by atoms with Crippen LogP contribution in [-0.2, 0) is 4.79 Å². The van der Waals surface area contributed by atoms with Crippen molar-refractivity contribution in [2.75, 3.05) is 7.11 Å². The number of aromatic nitrogens is 3. The highest BCUT2D eigenvalue weighted by molar-refractivity contribution is 6.02. The molecule has 0 aliphatic heterocycles. The lowest BCUT2D eigenvalue weighted by Gasteiger charge is -2.31. The fraction of sp³-hybridized carbons (Fsp3) is 0.192. The van der Waals surface area contributed by atoms with Crippen molar-refractivity contribution in [3.05, 3.63) is 95.6 Å². The maximum atomic E-state index is 13.5. The lowest BCUT2D eigenvalue weighted by molar-refractivity contribution is -0.118. The molecule has 3 aromatic carbocycles. The minimum Gasteiger partial charge on any atom is -0.497 e. The van der Waals surface area contributed by atoms with Crippen molar-refractivity contribution in [3.8, 4) is 5.75 Å². The Labute approximate surface area is 181 Å². The second kappa shape index (κ2) is 7.84. The topological polar surface area (TPSA) is 57.0 Å². The Morgan fingerprint density at radius 1 is 0.968 bits per heavy atom. The van der Waals surface area contributed by atoms with E-state index in [-0.39, 0.29) is 11.7 Å². The largest absolute Gasteiger partial charge is 0.497 e. The zero-order chi connectivity index (χ0) is 21.4. The predicted molar refractivity (Wildman–Crippen MR) is 121 cm³/mol.